The third-order valence-corrected chi connectivity index (χ3v) is 3.77. The molecule has 0 aliphatic carbocycles. The highest BCUT2D eigenvalue weighted by Gasteiger charge is 2.12. The number of carbonyl (C=O) groups is 2. The van der Waals surface area contributed by atoms with E-state index in [9.17, 15) is 9.59 Å². The number of hydrogen-bond donors (Lipinski definition) is 1. The van der Waals surface area contributed by atoms with Gasteiger partial charge in [-0.1, -0.05) is 24.3 Å². The van der Waals surface area contributed by atoms with Gasteiger partial charge >= 0.3 is 5.97 Å². The molecule has 2 aromatic carbocycles. The van der Waals surface area contributed by atoms with Crippen LogP contribution < -0.4 is 10.2 Å². The fourth-order valence-electron chi connectivity index (χ4n) is 2.50. The molecule has 5 heteroatoms. The number of benzene rings is 2. The number of esters is 1. The summed E-state index contributed by atoms with van der Waals surface area (Å²) in [6.07, 6.45) is 0.367. The molecule has 0 aliphatic heterocycles. The molecular weight excluding hydrogens is 316 g/mol. The van der Waals surface area contributed by atoms with Crippen molar-refractivity contribution in [2.75, 3.05) is 29.9 Å². The summed E-state index contributed by atoms with van der Waals surface area (Å²) in [5.41, 5.74) is 2.21. The monoisotopic (exact) mass is 340 g/mol. The van der Waals surface area contributed by atoms with E-state index in [0.29, 0.717) is 25.1 Å². The van der Waals surface area contributed by atoms with Crippen LogP contribution in [0.5, 0.6) is 0 Å². The predicted molar refractivity (Wildman–Crippen MR) is 100.0 cm³/mol. The first-order valence-corrected chi connectivity index (χ1v) is 8.51. The molecule has 1 amide bonds. The molecule has 0 saturated carbocycles. The zero-order valence-corrected chi connectivity index (χ0v) is 14.7. The number of carbonyl (C=O) groups excluding carboxylic acids is 2. The molecule has 2 aromatic rings. The molecule has 25 heavy (non-hydrogen) atoms. The Morgan fingerprint density at radius 2 is 1.80 bits per heavy atom. The largest absolute Gasteiger partial charge is 0.462 e. The highest BCUT2D eigenvalue weighted by molar-refractivity contribution is 5.91. The summed E-state index contributed by atoms with van der Waals surface area (Å²) in [6, 6.07) is 16.7. The number of nitrogens with zero attached hydrogens (tertiary/aromatic N) is 1. The summed E-state index contributed by atoms with van der Waals surface area (Å²) in [5, 5.41) is 2.88. The lowest BCUT2D eigenvalue weighted by Gasteiger charge is -2.23. The van der Waals surface area contributed by atoms with Crippen LogP contribution in [0.1, 0.15) is 30.6 Å². The van der Waals surface area contributed by atoms with Crippen LogP contribution in [0.25, 0.3) is 0 Å². The lowest BCUT2D eigenvalue weighted by Crippen LogP contribution is -2.27. The van der Waals surface area contributed by atoms with Crippen molar-refractivity contribution in [3.8, 4) is 0 Å². The quantitative estimate of drug-likeness (QED) is 0.744. The van der Waals surface area contributed by atoms with Crippen LogP contribution in [0.3, 0.4) is 0 Å². The maximum absolute atomic E-state index is 12.1. The number of hydrogen-bond acceptors (Lipinski definition) is 4. The number of para-hydroxylation sites is 1. The fraction of sp³-hybridized carbons (Fsp3) is 0.300. The van der Waals surface area contributed by atoms with Gasteiger partial charge in [-0.05, 0) is 44.2 Å². The van der Waals surface area contributed by atoms with Crippen molar-refractivity contribution in [3.63, 3.8) is 0 Å². The summed E-state index contributed by atoms with van der Waals surface area (Å²) >= 11 is 0. The van der Waals surface area contributed by atoms with Crippen molar-refractivity contribution in [1.82, 2.24) is 0 Å². The van der Waals surface area contributed by atoms with Gasteiger partial charge in [0.05, 0.1) is 12.2 Å². The summed E-state index contributed by atoms with van der Waals surface area (Å²) in [5.74, 6) is -0.367. The van der Waals surface area contributed by atoms with Crippen LogP contribution in [-0.4, -0.2) is 31.6 Å². The second kappa shape index (κ2) is 9.47. The van der Waals surface area contributed by atoms with Gasteiger partial charge in [0.1, 0.15) is 0 Å². The van der Waals surface area contributed by atoms with Crippen molar-refractivity contribution in [1.29, 1.82) is 0 Å². The lowest BCUT2D eigenvalue weighted by molar-refractivity contribution is -0.116. The molecule has 0 heterocycles. The van der Waals surface area contributed by atoms with Crippen LogP contribution >= 0.6 is 0 Å². The second-order valence-corrected chi connectivity index (χ2v) is 5.51. The van der Waals surface area contributed by atoms with Crippen LogP contribution in [0.4, 0.5) is 11.4 Å². The Labute approximate surface area is 148 Å². The number of anilines is 2. The van der Waals surface area contributed by atoms with Crippen LogP contribution in [0, 0.1) is 0 Å². The van der Waals surface area contributed by atoms with Crippen molar-refractivity contribution < 1.29 is 14.3 Å². The third kappa shape index (κ3) is 5.64. The third-order valence-electron chi connectivity index (χ3n) is 3.77. The Morgan fingerprint density at radius 3 is 2.48 bits per heavy atom. The molecule has 132 valence electrons. The van der Waals surface area contributed by atoms with E-state index in [0.717, 1.165) is 17.9 Å². The SMILES string of the molecule is CCOC(=O)c1cccc(N(CC)CCC(=O)Nc2ccccc2)c1. The van der Waals surface area contributed by atoms with Crippen molar-refractivity contribution >= 4 is 23.3 Å². The molecule has 0 bridgehead atoms. The zero-order valence-electron chi connectivity index (χ0n) is 14.7. The molecule has 2 rings (SSSR count). The summed E-state index contributed by atoms with van der Waals surface area (Å²) in [6.45, 7) is 5.46. The van der Waals surface area contributed by atoms with Gasteiger partial charge in [-0.2, -0.15) is 0 Å². The van der Waals surface area contributed by atoms with Gasteiger partial charge in [0.25, 0.3) is 0 Å². The molecule has 0 radical (unpaired) electrons. The van der Waals surface area contributed by atoms with Crippen molar-refractivity contribution in [2.45, 2.75) is 20.3 Å². The highest BCUT2D eigenvalue weighted by atomic mass is 16.5. The highest BCUT2D eigenvalue weighted by Crippen LogP contribution is 2.17. The number of ether oxygens (including phenoxy) is 1. The summed E-state index contributed by atoms with van der Waals surface area (Å²) < 4.78 is 5.04. The first kappa shape index (κ1) is 18.5. The minimum atomic E-state index is -0.331. The minimum absolute atomic E-state index is 0.0359. The van der Waals surface area contributed by atoms with Crippen molar-refractivity contribution in [3.05, 3.63) is 60.2 Å². The van der Waals surface area contributed by atoms with E-state index < -0.39 is 0 Å². The zero-order chi connectivity index (χ0) is 18.1. The normalized spacial score (nSPS) is 10.2. The van der Waals surface area contributed by atoms with Gasteiger partial charge in [0.15, 0.2) is 0 Å². The van der Waals surface area contributed by atoms with E-state index in [2.05, 4.69) is 10.2 Å². The summed E-state index contributed by atoms with van der Waals surface area (Å²) in [7, 11) is 0. The van der Waals surface area contributed by atoms with E-state index >= 15 is 0 Å². The van der Waals surface area contributed by atoms with E-state index in [1.807, 2.05) is 49.4 Å². The molecule has 0 unspecified atom stereocenters. The molecule has 0 aliphatic rings. The van der Waals surface area contributed by atoms with Crippen LogP contribution in [0.2, 0.25) is 0 Å². The molecule has 0 saturated heterocycles. The molecule has 0 atom stereocenters. The van der Waals surface area contributed by atoms with E-state index in [4.69, 9.17) is 4.74 Å². The Kier molecular flexibility index (Phi) is 7.01. The first-order chi connectivity index (χ1) is 12.1. The van der Waals surface area contributed by atoms with Gasteiger partial charge < -0.3 is 15.0 Å². The lowest BCUT2D eigenvalue weighted by atomic mass is 10.2. The van der Waals surface area contributed by atoms with Crippen LogP contribution in [0.15, 0.2) is 54.6 Å². The predicted octanol–water partition coefficient (Wildman–Crippen LogP) is 3.72. The van der Waals surface area contributed by atoms with Gasteiger partial charge in [-0.25, -0.2) is 4.79 Å². The number of amides is 1. The Morgan fingerprint density at radius 1 is 1.04 bits per heavy atom. The number of rotatable bonds is 8. The fourth-order valence-corrected chi connectivity index (χ4v) is 2.50. The van der Waals surface area contributed by atoms with E-state index in [-0.39, 0.29) is 11.9 Å². The van der Waals surface area contributed by atoms with Gasteiger partial charge in [-0.3, -0.25) is 4.79 Å². The van der Waals surface area contributed by atoms with Crippen molar-refractivity contribution in [2.24, 2.45) is 0 Å². The Hall–Kier alpha value is -2.82. The average molecular weight is 340 g/mol. The molecule has 0 aromatic heterocycles. The smallest absolute Gasteiger partial charge is 0.338 e. The molecule has 5 nitrogen and oxygen atoms in total. The Balaban J connectivity index is 1.96. The molecule has 0 fully saturated rings. The maximum Gasteiger partial charge on any atom is 0.338 e. The Bertz CT molecular complexity index is 701. The van der Waals surface area contributed by atoms with E-state index in [1.54, 1.807) is 19.1 Å². The van der Waals surface area contributed by atoms with Gasteiger partial charge in [0.2, 0.25) is 5.91 Å². The molecule has 0 spiro atoms. The second-order valence-electron chi connectivity index (χ2n) is 5.51. The minimum Gasteiger partial charge on any atom is -0.462 e. The average Bonchev–Trinajstić information content (AvgIpc) is 2.63. The van der Waals surface area contributed by atoms with E-state index in [1.165, 1.54) is 0 Å². The standard InChI is InChI=1S/C20H24N2O3/c1-3-22(14-13-19(23)21-17-10-6-5-7-11-17)18-12-8-9-16(15-18)20(24)25-4-2/h5-12,15H,3-4,13-14H2,1-2H3,(H,21,23). The first-order valence-electron chi connectivity index (χ1n) is 8.51. The van der Waals surface area contributed by atoms with Gasteiger partial charge in [0, 0.05) is 30.9 Å². The maximum atomic E-state index is 12.1. The molecule has 1 N–H and O–H groups in total. The topological polar surface area (TPSA) is 58.6 Å². The van der Waals surface area contributed by atoms with Gasteiger partial charge in [-0.15, -0.1) is 0 Å². The molecular formula is C20H24N2O3. The van der Waals surface area contributed by atoms with Crippen LogP contribution in [-0.2, 0) is 9.53 Å². The number of nitrogens with one attached hydrogen (secondary N) is 1. The summed E-state index contributed by atoms with van der Waals surface area (Å²) in [4.78, 5) is 26.0.